The molecule has 2 N–H and O–H groups in total. The maximum absolute atomic E-state index is 13.4. The fourth-order valence-electron chi connectivity index (χ4n) is 4.42. The summed E-state index contributed by atoms with van der Waals surface area (Å²) in [5.41, 5.74) is 6.28. The van der Waals surface area contributed by atoms with E-state index in [2.05, 4.69) is 20.2 Å². The van der Waals surface area contributed by atoms with Crippen molar-refractivity contribution in [3.05, 3.63) is 61.5 Å². The van der Waals surface area contributed by atoms with E-state index in [1.165, 1.54) is 11.6 Å². The maximum atomic E-state index is 13.4. The standard InChI is InChI=1S/C21H23N9O3/c1-12-14-7-3-4-8-15(14)24-16(23-12)11-29-19(31)17-18(27(2)21(29)32)25-20(30(17)26-33)28-9-5-6-13(22)10-28/h3-4,7-8,13H,5-6,9-11,22H2,1-2H3. The molecule has 0 bridgehead atoms. The molecule has 0 amide bonds. The van der Waals surface area contributed by atoms with Crippen molar-refractivity contribution in [2.45, 2.75) is 32.4 Å². The van der Waals surface area contributed by atoms with E-state index in [0.717, 1.165) is 33.2 Å². The van der Waals surface area contributed by atoms with E-state index in [-0.39, 0.29) is 29.7 Å². The van der Waals surface area contributed by atoms with E-state index in [4.69, 9.17) is 5.73 Å². The molecule has 0 spiro atoms. The first-order valence-corrected chi connectivity index (χ1v) is 10.7. The second kappa shape index (κ2) is 7.89. The molecule has 1 aliphatic rings. The van der Waals surface area contributed by atoms with Gasteiger partial charge in [0.1, 0.15) is 5.82 Å². The number of nitrogens with two attached hydrogens (primary N) is 1. The summed E-state index contributed by atoms with van der Waals surface area (Å²) < 4.78 is 3.19. The molecule has 4 heterocycles. The molecule has 12 nitrogen and oxygen atoms in total. The van der Waals surface area contributed by atoms with Crippen LogP contribution in [0.1, 0.15) is 24.4 Å². The van der Waals surface area contributed by atoms with E-state index < -0.39 is 11.2 Å². The molecule has 1 fully saturated rings. The van der Waals surface area contributed by atoms with Gasteiger partial charge in [-0.3, -0.25) is 13.9 Å². The molecule has 12 heteroatoms. The second-order valence-corrected chi connectivity index (χ2v) is 8.30. The third-order valence-corrected chi connectivity index (χ3v) is 6.06. The van der Waals surface area contributed by atoms with Gasteiger partial charge in [0.05, 0.1) is 17.3 Å². The molecule has 1 aromatic carbocycles. The highest BCUT2D eigenvalue weighted by atomic mass is 16.3. The van der Waals surface area contributed by atoms with Gasteiger partial charge in [-0.25, -0.2) is 14.8 Å². The third-order valence-electron chi connectivity index (χ3n) is 6.06. The fraction of sp³-hybridized carbons (Fsp3) is 0.381. The minimum Gasteiger partial charge on any atom is -0.339 e. The lowest BCUT2D eigenvalue weighted by molar-refractivity contribution is 0.496. The molecule has 1 atom stereocenters. The number of hydrogen-bond donors (Lipinski definition) is 1. The highest BCUT2D eigenvalue weighted by Gasteiger charge is 2.27. The molecule has 0 saturated carbocycles. The van der Waals surface area contributed by atoms with Crippen molar-refractivity contribution < 1.29 is 0 Å². The quantitative estimate of drug-likeness (QED) is 0.447. The third kappa shape index (κ3) is 3.39. The first kappa shape index (κ1) is 20.9. The Morgan fingerprint density at radius 3 is 2.73 bits per heavy atom. The molecule has 0 radical (unpaired) electrons. The molecule has 1 saturated heterocycles. The van der Waals surface area contributed by atoms with Gasteiger partial charge in [0.25, 0.3) is 5.56 Å². The van der Waals surface area contributed by atoms with Crippen LogP contribution in [-0.4, -0.2) is 47.9 Å². The van der Waals surface area contributed by atoms with E-state index >= 15 is 0 Å². The predicted octanol–water partition coefficient (Wildman–Crippen LogP) is 0.654. The summed E-state index contributed by atoms with van der Waals surface area (Å²) in [5, 5.41) is 3.95. The second-order valence-electron chi connectivity index (χ2n) is 8.30. The Morgan fingerprint density at radius 1 is 1.18 bits per heavy atom. The Bertz CT molecular complexity index is 1520. The number of nitroso groups, excluding NO2 is 1. The van der Waals surface area contributed by atoms with Crippen molar-refractivity contribution in [1.29, 1.82) is 0 Å². The molecular formula is C21H23N9O3. The van der Waals surface area contributed by atoms with Gasteiger partial charge in [0, 0.05) is 37.3 Å². The number of benzene rings is 1. The summed E-state index contributed by atoms with van der Waals surface area (Å²) in [6.45, 7) is 2.80. The number of imidazole rings is 1. The molecule has 170 valence electrons. The number of anilines is 1. The molecule has 4 aromatic rings. The molecule has 1 unspecified atom stereocenters. The molecule has 3 aromatic heterocycles. The van der Waals surface area contributed by atoms with Gasteiger partial charge in [-0.1, -0.05) is 18.2 Å². The Labute approximate surface area is 187 Å². The Morgan fingerprint density at radius 2 is 1.97 bits per heavy atom. The minimum absolute atomic E-state index is 0.0706. The van der Waals surface area contributed by atoms with Gasteiger partial charge in [-0.2, -0.15) is 9.66 Å². The molecule has 33 heavy (non-hydrogen) atoms. The molecule has 1 aliphatic heterocycles. The van der Waals surface area contributed by atoms with Gasteiger partial charge < -0.3 is 10.6 Å². The zero-order chi connectivity index (χ0) is 23.3. The van der Waals surface area contributed by atoms with E-state index in [1.54, 1.807) is 0 Å². The highest BCUT2D eigenvalue weighted by Crippen LogP contribution is 2.23. The van der Waals surface area contributed by atoms with Crippen molar-refractivity contribution in [3.63, 3.8) is 0 Å². The fourth-order valence-corrected chi connectivity index (χ4v) is 4.42. The average Bonchev–Trinajstić information content (AvgIpc) is 3.20. The van der Waals surface area contributed by atoms with Crippen LogP contribution in [0, 0.1) is 11.8 Å². The van der Waals surface area contributed by atoms with Crippen molar-refractivity contribution >= 4 is 28.0 Å². The predicted molar refractivity (Wildman–Crippen MR) is 123 cm³/mol. The first-order chi connectivity index (χ1) is 15.9. The Hall–Kier alpha value is -3.93. The summed E-state index contributed by atoms with van der Waals surface area (Å²) in [5.74, 6) is 0.523. The van der Waals surface area contributed by atoms with Crippen LogP contribution in [0.4, 0.5) is 5.95 Å². The number of rotatable bonds is 4. The van der Waals surface area contributed by atoms with Gasteiger partial charge in [0.2, 0.25) is 5.95 Å². The highest BCUT2D eigenvalue weighted by molar-refractivity contribution is 5.80. The number of para-hydroxylation sites is 1. The Kier molecular flexibility index (Phi) is 5.01. The van der Waals surface area contributed by atoms with Gasteiger partial charge >= 0.3 is 5.69 Å². The van der Waals surface area contributed by atoms with Crippen LogP contribution in [0.2, 0.25) is 0 Å². The van der Waals surface area contributed by atoms with Gasteiger partial charge in [-0.15, -0.1) is 4.91 Å². The molecular weight excluding hydrogens is 426 g/mol. The van der Waals surface area contributed by atoms with Crippen molar-refractivity contribution in [3.8, 4) is 0 Å². The molecule has 0 aliphatic carbocycles. The van der Waals surface area contributed by atoms with Crippen LogP contribution in [0.5, 0.6) is 0 Å². The van der Waals surface area contributed by atoms with Gasteiger partial charge in [-0.05, 0) is 25.8 Å². The van der Waals surface area contributed by atoms with Crippen LogP contribution in [0.15, 0.2) is 39.1 Å². The normalized spacial score (nSPS) is 16.6. The average molecular weight is 449 g/mol. The lowest BCUT2D eigenvalue weighted by atomic mass is 10.1. The summed E-state index contributed by atoms with van der Waals surface area (Å²) >= 11 is 0. The van der Waals surface area contributed by atoms with E-state index in [9.17, 15) is 14.5 Å². The largest absolute Gasteiger partial charge is 0.339 e. The minimum atomic E-state index is -0.679. The topological polar surface area (TPSA) is 146 Å². The molecule has 5 rings (SSSR count). The summed E-state index contributed by atoms with van der Waals surface area (Å²) in [7, 11) is 1.50. The number of fused-ring (bicyclic) bond motifs is 2. The van der Waals surface area contributed by atoms with E-state index in [0.29, 0.717) is 24.4 Å². The zero-order valence-corrected chi connectivity index (χ0v) is 18.3. The SMILES string of the molecule is Cc1nc(Cn2c(=O)c3c(nc(N4CCCC(N)C4)n3N=O)n(C)c2=O)nc2ccccc12. The van der Waals surface area contributed by atoms with Crippen LogP contribution >= 0.6 is 0 Å². The van der Waals surface area contributed by atoms with Gasteiger partial charge in [0.15, 0.2) is 11.2 Å². The number of hydrogen-bond acceptors (Lipinski definition) is 9. The first-order valence-electron chi connectivity index (χ1n) is 10.7. The number of aromatic nitrogens is 6. The van der Waals surface area contributed by atoms with Crippen molar-refractivity contribution in [2.75, 3.05) is 18.0 Å². The maximum Gasteiger partial charge on any atom is 0.332 e. The van der Waals surface area contributed by atoms with Crippen LogP contribution in [0.3, 0.4) is 0 Å². The van der Waals surface area contributed by atoms with Crippen molar-refractivity contribution in [2.24, 2.45) is 18.1 Å². The number of aryl methyl sites for hydroxylation is 2. The lowest BCUT2D eigenvalue weighted by Gasteiger charge is -2.30. The van der Waals surface area contributed by atoms with Crippen LogP contribution in [0.25, 0.3) is 22.1 Å². The summed E-state index contributed by atoms with van der Waals surface area (Å²) in [4.78, 5) is 53.5. The smallest absolute Gasteiger partial charge is 0.332 e. The van der Waals surface area contributed by atoms with Crippen molar-refractivity contribution in [1.82, 2.24) is 28.8 Å². The van der Waals surface area contributed by atoms with Crippen LogP contribution < -0.4 is 21.9 Å². The zero-order valence-electron chi connectivity index (χ0n) is 18.3. The van der Waals surface area contributed by atoms with Crippen LogP contribution in [-0.2, 0) is 13.6 Å². The Balaban J connectivity index is 1.67. The van der Waals surface area contributed by atoms with E-state index in [1.807, 2.05) is 36.1 Å². The number of piperidine rings is 1. The number of nitrogens with zero attached hydrogens (tertiary/aromatic N) is 8. The summed E-state index contributed by atoms with van der Waals surface area (Å²) in [6.07, 6.45) is 1.69. The summed E-state index contributed by atoms with van der Waals surface area (Å²) in [6, 6.07) is 7.44. The monoisotopic (exact) mass is 449 g/mol. The lowest BCUT2D eigenvalue weighted by Crippen LogP contribution is -2.43.